The number of carbonyl (C=O) groups excluding carboxylic acids is 1. The number of ether oxygens (including phenoxy) is 2. The van der Waals surface area contributed by atoms with Crippen LogP contribution >= 0.6 is 0 Å². The normalized spacial score (nSPS) is 10.0. The first-order valence-corrected chi connectivity index (χ1v) is 7.59. The van der Waals surface area contributed by atoms with Crippen LogP contribution in [0.3, 0.4) is 0 Å². The Hall–Kier alpha value is -3.22. The Balaban J connectivity index is 1.92. The lowest BCUT2D eigenvalue weighted by Crippen LogP contribution is -2.34. The summed E-state index contributed by atoms with van der Waals surface area (Å²) in [6, 6.07) is 11.8. The molecule has 3 N–H and O–H groups in total. The van der Waals surface area contributed by atoms with Gasteiger partial charge in [0.1, 0.15) is 17.1 Å². The Morgan fingerprint density at radius 2 is 1.64 bits per heavy atom. The highest BCUT2D eigenvalue weighted by Gasteiger charge is 2.12. The first kappa shape index (κ1) is 18.1. The van der Waals surface area contributed by atoms with Crippen molar-refractivity contribution in [3.05, 3.63) is 59.2 Å². The van der Waals surface area contributed by atoms with Crippen LogP contribution < -0.4 is 20.1 Å². The quantitative estimate of drug-likeness (QED) is 0.717. The second-order valence-electron chi connectivity index (χ2n) is 5.19. The van der Waals surface area contributed by atoms with E-state index in [1.807, 2.05) is 24.3 Å². The second kappa shape index (κ2) is 8.58. The maximum Gasteiger partial charge on any atom is 0.339 e. The number of methoxy groups -OCH3 is 2. The number of amides is 2. The summed E-state index contributed by atoms with van der Waals surface area (Å²) >= 11 is 0. The minimum Gasteiger partial charge on any atom is -0.496 e. The van der Waals surface area contributed by atoms with E-state index < -0.39 is 5.97 Å². The molecule has 0 aromatic heterocycles. The Labute approximate surface area is 145 Å². The van der Waals surface area contributed by atoms with Crippen molar-refractivity contribution in [3.63, 3.8) is 0 Å². The lowest BCUT2D eigenvalue weighted by atomic mass is 10.1. The van der Waals surface area contributed by atoms with E-state index in [4.69, 9.17) is 14.6 Å². The average molecular weight is 344 g/mol. The van der Waals surface area contributed by atoms with Crippen molar-refractivity contribution in [2.24, 2.45) is 0 Å². The van der Waals surface area contributed by atoms with Crippen molar-refractivity contribution in [1.29, 1.82) is 0 Å². The van der Waals surface area contributed by atoms with Crippen molar-refractivity contribution >= 4 is 12.0 Å². The molecule has 7 heteroatoms. The van der Waals surface area contributed by atoms with Gasteiger partial charge in [-0.3, -0.25) is 0 Å². The Bertz CT molecular complexity index is 761. The zero-order valence-corrected chi connectivity index (χ0v) is 14.0. The number of urea groups is 1. The minimum absolute atomic E-state index is 0.0521. The molecule has 0 radical (unpaired) electrons. The second-order valence-corrected chi connectivity index (χ2v) is 5.19. The third-order valence-corrected chi connectivity index (χ3v) is 3.58. The number of carboxylic acids is 1. The number of aromatic carboxylic acids is 1. The predicted molar refractivity (Wildman–Crippen MR) is 92.0 cm³/mol. The number of hydrogen-bond donors (Lipinski definition) is 3. The van der Waals surface area contributed by atoms with Crippen LogP contribution in [0.5, 0.6) is 11.5 Å². The van der Waals surface area contributed by atoms with Crippen molar-refractivity contribution < 1.29 is 24.2 Å². The molecule has 132 valence electrons. The number of para-hydroxylation sites is 1. The fraction of sp³-hybridized carbons (Fsp3) is 0.222. The van der Waals surface area contributed by atoms with Crippen LogP contribution in [-0.2, 0) is 13.1 Å². The molecule has 0 fully saturated rings. The van der Waals surface area contributed by atoms with Crippen LogP contribution in [0, 0.1) is 0 Å². The number of carboxylic acid groups (broad SMARTS) is 1. The van der Waals surface area contributed by atoms with E-state index in [0.717, 1.165) is 5.56 Å². The summed E-state index contributed by atoms with van der Waals surface area (Å²) in [6.07, 6.45) is 0. The molecule has 7 nitrogen and oxygen atoms in total. The lowest BCUT2D eigenvalue weighted by Gasteiger charge is -2.11. The molecule has 2 rings (SSSR count). The Morgan fingerprint density at radius 1 is 0.960 bits per heavy atom. The van der Waals surface area contributed by atoms with Crippen LogP contribution in [0.4, 0.5) is 4.79 Å². The maximum atomic E-state index is 11.9. The third-order valence-electron chi connectivity index (χ3n) is 3.58. The molecular formula is C18H20N2O5. The van der Waals surface area contributed by atoms with E-state index in [0.29, 0.717) is 17.9 Å². The molecule has 0 unspecified atom stereocenters. The number of benzene rings is 2. The summed E-state index contributed by atoms with van der Waals surface area (Å²) in [4.78, 5) is 23.1. The summed E-state index contributed by atoms with van der Waals surface area (Å²) in [7, 11) is 2.98. The molecule has 0 saturated carbocycles. The standard InChI is InChI=1S/C18H20N2O5/c1-24-15-6-4-3-5-13(15)11-20-18(23)19-10-12-7-8-16(25-2)14(9-12)17(21)22/h3-9H,10-11H2,1-2H3,(H,21,22)(H2,19,20,23). The predicted octanol–water partition coefficient (Wildman–Crippen LogP) is 2.40. The van der Waals surface area contributed by atoms with E-state index >= 15 is 0 Å². The van der Waals surface area contributed by atoms with Gasteiger partial charge in [-0.25, -0.2) is 9.59 Å². The number of nitrogens with one attached hydrogen (secondary N) is 2. The molecule has 0 bridgehead atoms. The summed E-state index contributed by atoms with van der Waals surface area (Å²) in [6.45, 7) is 0.515. The summed E-state index contributed by atoms with van der Waals surface area (Å²) in [5.74, 6) is -0.111. The van der Waals surface area contributed by atoms with Gasteiger partial charge < -0.3 is 25.2 Å². The van der Waals surface area contributed by atoms with E-state index in [1.54, 1.807) is 19.2 Å². The minimum atomic E-state index is -1.08. The molecule has 2 aromatic rings. The summed E-state index contributed by atoms with van der Waals surface area (Å²) < 4.78 is 10.2. The zero-order valence-electron chi connectivity index (χ0n) is 14.0. The first-order valence-electron chi connectivity index (χ1n) is 7.59. The van der Waals surface area contributed by atoms with E-state index in [1.165, 1.54) is 13.2 Å². The Morgan fingerprint density at radius 3 is 2.32 bits per heavy atom. The van der Waals surface area contributed by atoms with E-state index in [9.17, 15) is 9.59 Å². The highest BCUT2D eigenvalue weighted by atomic mass is 16.5. The van der Waals surface area contributed by atoms with Crippen molar-refractivity contribution in [1.82, 2.24) is 10.6 Å². The molecule has 0 spiro atoms. The van der Waals surface area contributed by atoms with Crippen LogP contribution in [0.2, 0.25) is 0 Å². The zero-order chi connectivity index (χ0) is 18.2. The van der Waals surface area contributed by atoms with Gasteiger partial charge in [-0.2, -0.15) is 0 Å². The van der Waals surface area contributed by atoms with Gasteiger partial charge in [-0.1, -0.05) is 24.3 Å². The molecule has 0 saturated heterocycles. The van der Waals surface area contributed by atoms with E-state index in [-0.39, 0.29) is 23.9 Å². The van der Waals surface area contributed by atoms with Crippen molar-refractivity contribution in [2.75, 3.05) is 14.2 Å². The SMILES string of the molecule is COc1ccccc1CNC(=O)NCc1ccc(OC)c(C(=O)O)c1. The van der Waals surface area contributed by atoms with Gasteiger partial charge in [-0.15, -0.1) is 0 Å². The highest BCUT2D eigenvalue weighted by Crippen LogP contribution is 2.20. The highest BCUT2D eigenvalue weighted by molar-refractivity contribution is 5.91. The number of hydrogen-bond acceptors (Lipinski definition) is 4. The van der Waals surface area contributed by atoms with Crippen LogP contribution in [0.15, 0.2) is 42.5 Å². The number of carbonyl (C=O) groups is 2. The van der Waals surface area contributed by atoms with Crippen molar-refractivity contribution in [2.45, 2.75) is 13.1 Å². The van der Waals surface area contributed by atoms with Gasteiger partial charge in [0.25, 0.3) is 0 Å². The fourth-order valence-corrected chi connectivity index (χ4v) is 2.30. The van der Waals surface area contributed by atoms with E-state index in [2.05, 4.69) is 10.6 Å². The van der Waals surface area contributed by atoms with Gasteiger partial charge in [0.05, 0.1) is 14.2 Å². The van der Waals surface area contributed by atoms with Crippen LogP contribution in [0.25, 0.3) is 0 Å². The van der Waals surface area contributed by atoms with Crippen molar-refractivity contribution in [3.8, 4) is 11.5 Å². The van der Waals surface area contributed by atoms with Gasteiger partial charge in [0, 0.05) is 18.7 Å². The van der Waals surface area contributed by atoms with Crippen LogP contribution in [-0.4, -0.2) is 31.3 Å². The third kappa shape index (κ3) is 4.87. The number of rotatable bonds is 7. The topological polar surface area (TPSA) is 96.9 Å². The fourth-order valence-electron chi connectivity index (χ4n) is 2.30. The average Bonchev–Trinajstić information content (AvgIpc) is 2.64. The maximum absolute atomic E-state index is 11.9. The molecule has 0 aliphatic carbocycles. The molecule has 0 aliphatic rings. The molecular weight excluding hydrogens is 324 g/mol. The monoisotopic (exact) mass is 344 g/mol. The van der Waals surface area contributed by atoms with Gasteiger partial charge in [0.2, 0.25) is 0 Å². The Kier molecular flexibility index (Phi) is 6.22. The first-order chi connectivity index (χ1) is 12.0. The van der Waals surface area contributed by atoms with Gasteiger partial charge in [0.15, 0.2) is 0 Å². The molecule has 0 heterocycles. The molecule has 0 aliphatic heterocycles. The molecule has 2 amide bonds. The van der Waals surface area contributed by atoms with Gasteiger partial charge in [-0.05, 0) is 23.8 Å². The van der Waals surface area contributed by atoms with Gasteiger partial charge >= 0.3 is 12.0 Å². The van der Waals surface area contributed by atoms with Crippen LogP contribution in [0.1, 0.15) is 21.5 Å². The molecule has 0 atom stereocenters. The largest absolute Gasteiger partial charge is 0.496 e. The summed E-state index contributed by atoms with van der Waals surface area (Å²) in [5, 5.41) is 14.6. The smallest absolute Gasteiger partial charge is 0.339 e. The lowest BCUT2D eigenvalue weighted by molar-refractivity contribution is 0.0693. The molecule has 2 aromatic carbocycles. The summed E-state index contributed by atoms with van der Waals surface area (Å²) in [5.41, 5.74) is 1.57. The molecule has 25 heavy (non-hydrogen) atoms.